The zero-order valence-electron chi connectivity index (χ0n) is 11.8. The zero-order chi connectivity index (χ0) is 13.5. The molecule has 0 aromatic carbocycles. The summed E-state index contributed by atoms with van der Waals surface area (Å²) in [6.07, 6.45) is 8.26. The molecule has 0 atom stereocenters. The molecular formula is C14H24N4O. The summed E-state index contributed by atoms with van der Waals surface area (Å²) in [6, 6.07) is 0. The smallest absolute Gasteiger partial charge is 0.239 e. The van der Waals surface area contributed by atoms with Crippen LogP contribution in [0.4, 0.5) is 0 Å². The summed E-state index contributed by atoms with van der Waals surface area (Å²) in [4.78, 5) is 18.4. The summed E-state index contributed by atoms with van der Waals surface area (Å²) in [5.74, 6) is 0.0708. The Labute approximate surface area is 115 Å². The second-order valence-electron chi connectivity index (χ2n) is 5.14. The van der Waals surface area contributed by atoms with Crippen molar-refractivity contribution >= 4 is 5.91 Å². The number of carbonyl (C=O) groups excluding carboxylic acids is 1. The van der Waals surface area contributed by atoms with Gasteiger partial charge in [-0.05, 0) is 45.3 Å². The molecule has 1 saturated heterocycles. The first-order chi connectivity index (χ1) is 9.28. The lowest BCUT2D eigenvalue weighted by Gasteiger charge is -2.14. The molecule has 0 unspecified atom stereocenters. The molecule has 1 N–H and O–H groups in total. The number of hydrogen-bond donors (Lipinski definition) is 1. The van der Waals surface area contributed by atoms with E-state index in [0.717, 1.165) is 31.6 Å². The van der Waals surface area contributed by atoms with Crippen LogP contribution < -0.4 is 5.32 Å². The lowest BCUT2D eigenvalue weighted by atomic mass is 10.3. The van der Waals surface area contributed by atoms with Crippen LogP contribution in [0.3, 0.4) is 0 Å². The van der Waals surface area contributed by atoms with Gasteiger partial charge in [0.2, 0.25) is 5.91 Å². The van der Waals surface area contributed by atoms with Crippen LogP contribution in [-0.2, 0) is 17.8 Å². The van der Waals surface area contributed by atoms with Gasteiger partial charge >= 0.3 is 0 Å². The number of aryl methyl sites for hydroxylation is 1. The van der Waals surface area contributed by atoms with Crippen molar-refractivity contribution in [2.75, 3.05) is 26.2 Å². The Kier molecular flexibility index (Phi) is 5.39. The first kappa shape index (κ1) is 14.1. The molecular weight excluding hydrogens is 240 g/mol. The maximum absolute atomic E-state index is 11.7. The van der Waals surface area contributed by atoms with Crippen LogP contribution in [0.1, 0.15) is 31.9 Å². The van der Waals surface area contributed by atoms with Crippen molar-refractivity contribution in [3.05, 3.63) is 18.2 Å². The Morgan fingerprint density at radius 2 is 2.21 bits per heavy atom. The van der Waals surface area contributed by atoms with Crippen molar-refractivity contribution < 1.29 is 4.79 Å². The molecule has 1 aliphatic rings. The highest BCUT2D eigenvalue weighted by Crippen LogP contribution is 2.06. The van der Waals surface area contributed by atoms with Crippen LogP contribution in [0, 0.1) is 0 Å². The molecule has 0 radical (unpaired) electrons. The number of aromatic nitrogens is 2. The molecule has 0 aliphatic carbocycles. The fourth-order valence-corrected chi connectivity index (χ4v) is 2.43. The van der Waals surface area contributed by atoms with Gasteiger partial charge < -0.3 is 14.8 Å². The SMILES string of the molecule is CCc1cn(CC(=O)NCCCN2CCCC2)cn1. The molecule has 2 heterocycles. The van der Waals surface area contributed by atoms with Crippen molar-refractivity contribution in [1.82, 2.24) is 19.8 Å². The molecule has 1 aromatic heterocycles. The van der Waals surface area contributed by atoms with Gasteiger partial charge in [-0.25, -0.2) is 4.98 Å². The number of imidazole rings is 1. The topological polar surface area (TPSA) is 50.2 Å². The minimum absolute atomic E-state index is 0.0708. The minimum Gasteiger partial charge on any atom is -0.355 e. The first-order valence-corrected chi connectivity index (χ1v) is 7.27. The van der Waals surface area contributed by atoms with Gasteiger partial charge in [0.15, 0.2) is 0 Å². The average molecular weight is 264 g/mol. The molecule has 1 fully saturated rings. The molecule has 0 spiro atoms. The van der Waals surface area contributed by atoms with Gasteiger partial charge in [0.1, 0.15) is 6.54 Å². The second-order valence-corrected chi connectivity index (χ2v) is 5.14. The predicted molar refractivity (Wildman–Crippen MR) is 74.9 cm³/mol. The van der Waals surface area contributed by atoms with Gasteiger partial charge in [-0.2, -0.15) is 0 Å². The van der Waals surface area contributed by atoms with E-state index in [2.05, 4.69) is 22.1 Å². The fourth-order valence-electron chi connectivity index (χ4n) is 2.43. The normalized spacial score (nSPS) is 15.8. The molecule has 0 saturated carbocycles. The van der Waals surface area contributed by atoms with E-state index in [-0.39, 0.29) is 5.91 Å². The standard InChI is InChI=1S/C14H24N4O/c1-2-13-10-18(12-16-13)11-14(19)15-6-5-9-17-7-3-4-8-17/h10,12H,2-9,11H2,1H3,(H,15,19). The Morgan fingerprint density at radius 3 is 2.89 bits per heavy atom. The summed E-state index contributed by atoms with van der Waals surface area (Å²) in [7, 11) is 0. The van der Waals surface area contributed by atoms with Crippen LogP contribution in [-0.4, -0.2) is 46.5 Å². The summed E-state index contributed by atoms with van der Waals surface area (Å²) in [5, 5.41) is 2.97. The average Bonchev–Trinajstić information content (AvgIpc) is 3.05. The predicted octanol–water partition coefficient (Wildman–Crippen LogP) is 1.05. The summed E-state index contributed by atoms with van der Waals surface area (Å²) in [6.45, 7) is 6.75. The van der Waals surface area contributed by atoms with E-state index in [4.69, 9.17) is 0 Å². The van der Waals surface area contributed by atoms with E-state index in [0.29, 0.717) is 6.54 Å². The number of rotatable bonds is 7. The highest BCUT2D eigenvalue weighted by molar-refractivity contribution is 5.75. The molecule has 106 valence electrons. The molecule has 5 heteroatoms. The van der Waals surface area contributed by atoms with Crippen LogP contribution in [0.5, 0.6) is 0 Å². The molecule has 1 aromatic rings. The number of nitrogens with zero attached hydrogens (tertiary/aromatic N) is 3. The maximum Gasteiger partial charge on any atom is 0.239 e. The molecule has 1 aliphatic heterocycles. The highest BCUT2D eigenvalue weighted by atomic mass is 16.1. The van der Waals surface area contributed by atoms with Gasteiger partial charge in [0.05, 0.1) is 12.0 Å². The van der Waals surface area contributed by atoms with E-state index < -0.39 is 0 Å². The van der Waals surface area contributed by atoms with Crippen LogP contribution in [0.25, 0.3) is 0 Å². The van der Waals surface area contributed by atoms with Crippen molar-refractivity contribution in [1.29, 1.82) is 0 Å². The van der Waals surface area contributed by atoms with Gasteiger partial charge in [-0.1, -0.05) is 6.92 Å². The molecule has 2 rings (SSSR count). The van der Waals surface area contributed by atoms with Crippen molar-refractivity contribution in [2.45, 2.75) is 39.2 Å². The molecule has 19 heavy (non-hydrogen) atoms. The van der Waals surface area contributed by atoms with Crippen molar-refractivity contribution in [3.8, 4) is 0 Å². The van der Waals surface area contributed by atoms with E-state index >= 15 is 0 Å². The van der Waals surface area contributed by atoms with Gasteiger partial charge in [0, 0.05) is 12.7 Å². The summed E-state index contributed by atoms with van der Waals surface area (Å²) < 4.78 is 1.84. The number of nitrogens with one attached hydrogen (secondary N) is 1. The third-order valence-electron chi connectivity index (χ3n) is 3.55. The van der Waals surface area contributed by atoms with E-state index in [1.807, 2.05) is 10.8 Å². The third-order valence-corrected chi connectivity index (χ3v) is 3.55. The quantitative estimate of drug-likeness (QED) is 0.749. The lowest BCUT2D eigenvalue weighted by molar-refractivity contribution is -0.121. The summed E-state index contributed by atoms with van der Waals surface area (Å²) in [5.41, 5.74) is 1.03. The number of likely N-dealkylation sites (tertiary alicyclic amines) is 1. The monoisotopic (exact) mass is 264 g/mol. The Balaban J connectivity index is 1.58. The minimum atomic E-state index is 0.0708. The number of amides is 1. The lowest BCUT2D eigenvalue weighted by Crippen LogP contribution is -2.30. The second kappa shape index (κ2) is 7.28. The first-order valence-electron chi connectivity index (χ1n) is 7.27. The van der Waals surface area contributed by atoms with Gasteiger partial charge in [-0.3, -0.25) is 4.79 Å². The van der Waals surface area contributed by atoms with Crippen LogP contribution in [0.15, 0.2) is 12.5 Å². The molecule has 1 amide bonds. The number of carbonyl (C=O) groups is 1. The van der Waals surface area contributed by atoms with Crippen molar-refractivity contribution in [2.24, 2.45) is 0 Å². The molecule has 0 bridgehead atoms. The Bertz CT molecular complexity index is 396. The molecule has 5 nitrogen and oxygen atoms in total. The third kappa shape index (κ3) is 4.67. The van der Waals surface area contributed by atoms with Crippen molar-refractivity contribution in [3.63, 3.8) is 0 Å². The zero-order valence-corrected chi connectivity index (χ0v) is 11.8. The Morgan fingerprint density at radius 1 is 1.42 bits per heavy atom. The largest absolute Gasteiger partial charge is 0.355 e. The maximum atomic E-state index is 11.7. The van der Waals surface area contributed by atoms with Crippen LogP contribution in [0.2, 0.25) is 0 Å². The van der Waals surface area contributed by atoms with E-state index in [1.54, 1.807) is 6.33 Å². The van der Waals surface area contributed by atoms with E-state index in [1.165, 1.54) is 25.9 Å². The van der Waals surface area contributed by atoms with Gasteiger partial charge in [0.25, 0.3) is 0 Å². The highest BCUT2D eigenvalue weighted by Gasteiger charge is 2.10. The Hall–Kier alpha value is -1.36. The fraction of sp³-hybridized carbons (Fsp3) is 0.714. The van der Waals surface area contributed by atoms with E-state index in [9.17, 15) is 4.79 Å². The van der Waals surface area contributed by atoms with Gasteiger partial charge in [-0.15, -0.1) is 0 Å². The summed E-state index contributed by atoms with van der Waals surface area (Å²) >= 11 is 0. The number of hydrogen-bond acceptors (Lipinski definition) is 3. The van der Waals surface area contributed by atoms with Crippen LogP contribution >= 0.6 is 0 Å².